The molecule has 2 aromatic carbocycles. The number of pyridine rings is 1. The topological polar surface area (TPSA) is 16.1 Å². The van der Waals surface area contributed by atoms with Crippen LogP contribution in [0.5, 0.6) is 0 Å². The molecule has 0 atom stereocenters. The molecule has 0 aliphatic heterocycles. The molecule has 1 aliphatic rings. The van der Waals surface area contributed by atoms with Gasteiger partial charge in [-0.05, 0) is 85.4 Å². The third kappa shape index (κ3) is 7.43. The molecule has 0 bridgehead atoms. The molecular formula is C37H36N2. The van der Waals surface area contributed by atoms with Gasteiger partial charge in [-0.15, -0.1) is 0 Å². The number of anilines is 2. The summed E-state index contributed by atoms with van der Waals surface area (Å²) in [5.74, 6) is 0.865. The lowest BCUT2D eigenvalue weighted by atomic mass is 9.93. The maximum absolute atomic E-state index is 4.60. The highest BCUT2D eigenvalue weighted by Gasteiger charge is 2.13. The largest absolute Gasteiger partial charge is 0.295 e. The highest BCUT2D eigenvalue weighted by molar-refractivity contribution is 5.85. The average molecular weight is 509 g/mol. The van der Waals surface area contributed by atoms with E-state index in [1.807, 2.05) is 61.7 Å². The van der Waals surface area contributed by atoms with E-state index in [1.54, 1.807) is 0 Å². The minimum atomic E-state index is 0.865. The van der Waals surface area contributed by atoms with Crippen molar-refractivity contribution in [3.63, 3.8) is 0 Å². The summed E-state index contributed by atoms with van der Waals surface area (Å²) in [6.45, 7) is 10.6. The molecule has 0 amide bonds. The minimum absolute atomic E-state index is 0.865. The number of nitrogens with zero attached hydrogens (tertiary/aromatic N) is 2. The fourth-order valence-electron chi connectivity index (χ4n) is 4.47. The summed E-state index contributed by atoms with van der Waals surface area (Å²) in [6, 6.07) is 24.8. The molecule has 0 spiro atoms. The van der Waals surface area contributed by atoms with Crippen LogP contribution in [0.2, 0.25) is 0 Å². The summed E-state index contributed by atoms with van der Waals surface area (Å²) < 4.78 is 0. The zero-order valence-corrected chi connectivity index (χ0v) is 23.1. The summed E-state index contributed by atoms with van der Waals surface area (Å²) >= 11 is 0. The smallest absolute Gasteiger partial charge is 0.137 e. The predicted octanol–water partition coefficient (Wildman–Crippen LogP) is 10.2. The normalized spacial score (nSPS) is 14.3. The highest BCUT2D eigenvalue weighted by Crippen LogP contribution is 2.30. The fourth-order valence-corrected chi connectivity index (χ4v) is 4.47. The molecule has 194 valence electrons. The van der Waals surface area contributed by atoms with E-state index in [1.165, 1.54) is 27.8 Å². The van der Waals surface area contributed by atoms with Crippen molar-refractivity contribution < 1.29 is 0 Å². The Morgan fingerprint density at radius 3 is 2.46 bits per heavy atom. The van der Waals surface area contributed by atoms with Gasteiger partial charge in [-0.25, -0.2) is 4.98 Å². The van der Waals surface area contributed by atoms with Gasteiger partial charge in [0.1, 0.15) is 5.82 Å². The molecule has 0 fully saturated rings. The van der Waals surface area contributed by atoms with Crippen molar-refractivity contribution in [1.82, 2.24) is 4.98 Å². The van der Waals surface area contributed by atoms with Crippen LogP contribution in [0.25, 0.3) is 11.1 Å². The standard InChI is InChI=1S/C37H36N2/c1-5-33(39(34-20-7-6-8-21-34)37-24-13-14-27-38-37)26-25-29(2)17-15-18-31(4)35-22-11-12-23-36(35)32-19-10-9-16-30(3)28-32/h5-15,17-28H,2,16H2,1,3-4H3/b17-15+,26-25-,31-18+,33-5+. The first-order valence-electron chi connectivity index (χ1n) is 13.3. The number of rotatable bonds is 9. The number of hydrogen-bond donors (Lipinski definition) is 0. The molecular weight excluding hydrogens is 472 g/mol. The zero-order valence-electron chi connectivity index (χ0n) is 23.1. The lowest BCUT2D eigenvalue weighted by Gasteiger charge is -2.25. The molecule has 4 rings (SSSR count). The maximum atomic E-state index is 4.60. The monoisotopic (exact) mass is 508 g/mol. The molecule has 0 radical (unpaired) electrons. The quantitative estimate of drug-likeness (QED) is 0.267. The van der Waals surface area contributed by atoms with Gasteiger partial charge in [-0.1, -0.05) is 115 Å². The Balaban J connectivity index is 1.52. The van der Waals surface area contributed by atoms with E-state index in [0.29, 0.717) is 0 Å². The van der Waals surface area contributed by atoms with Crippen LogP contribution in [-0.2, 0) is 0 Å². The van der Waals surface area contributed by atoms with Crippen molar-refractivity contribution in [2.45, 2.75) is 27.2 Å². The van der Waals surface area contributed by atoms with Crippen molar-refractivity contribution in [1.29, 1.82) is 0 Å². The van der Waals surface area contributed by atoms with Gasteiger partial charge in [-0.3, -0.25) is 4.90 Å². The SMILES string of the molecule is C=C(/C=C\C(=C/C)N(c1ccccc1)c1ccccn1)/C=C/C=C(\C)c1ccccc1C1=CC=CCC(C)=C1. The van der Waals surface area contributed by atoms with Gasteiger partial charge in [-0.2, -0.15) is 0 Å². The molecule has 2 heteroatoms. The Kier molecular flexibility index (Phi) is 9.63. The highest BCUT2D eigenvalue weighted by atomic mass is 15.2. The second-order valence-electron chi connectivity index (χ2n) is 9.48. The zero-order chi connectivity index (χ0) is 27.5. The Labute approximate surface area is 233 Å². The van der Waals surface area contributed by atoms with Crippen molar-refractivity contribution in [3.05, 3.63) is 174 Å². The number of allylic oxidation sites excluding steroid dienone is 14. The Bertz CT molecular complexity index is 1450. The van der Waals surface area contributed by atoms with Gasteiger partial charge in [0.05, 0.1) is 0 Å². The maximum Gasteiger partial charge on any atom is 0.137 e. The van der Waals surface area contributed by atoms with Gasteiger partial charge >= 0.3 is 0 Å². The first-order valence-corrected chi connectivity index (χ1v) is 13.3. The molecule has 0 saturated carbocycles. The van der Waals surface area contributed by atoms with Crippen LogP contribution in [0.15, 0.2) is 163 Å². The van der Waals surface area contributed by atoms with Crippen LogP contribution in [0.3, 0.4) is 0 Å². The third-order valence-corrected chi connectivity index (χ3v) is 6.49. The van der Waals surface area contributed by atoms with E-state index >= 15 is 0 Å². The predicted molar refractivity (Wildman–Crippen MR) is 170 cm³/mol. The van der Waals surface area contributed by atoms with Crippen molar-refractivity contribution in [2.24, 2.45) is 0 Å². The molecule has 1 aromatic heterocycles. The van der Waals surface area contributed by atoms with E-state index in [-0.39, 0.29) is 0 Å². The summed E-state index contributed by atoms with van der Waals surface area (Å²) in [4.78, 5) is 6.74. The molecule has 0 saturated heterocycles. The molecule has 1 aliphatic carbocycles. The lowest BCUT2D eigenvalue weighted by Crippen LogP contribution is -2.16. The fraction of sp³-hybridized carbons (Fsp3) is 0.108. The molecule has 0 unspecified atom stereocenters. The van der Waals surface area contributed by atoms with Gasteiger partial charge in [0.25, 0.3) is 0 Å². The first-order chi connectivity index (χ1) is 19.1. The van der Waals surface area contributed by atoms with Crippen LogP contribution in [0.4, 0.5) is 11.5 Å². The second-order valence-corrected chi connectivity index (χ2v) is 9.48. The Hall–Kier alpha value is -4.69. The van der Waals surface area contributed by atoms with Crippen molar-refractivity contribution >= 4 is 22.7 Å². The van der Waals surface area contributed by atoms with Gasteiger partial charge in [0.2, 0.25) is 0 Å². The Morgan fingerprint density at radius 2 is 1.69 bits per heavy atom. The van der Waals surface area contributed by atoms with Gasteiger partial charge in [0.15, 0.2) is 0 Å². The summed E-state index contributed by atoms with van der Waals surface area (Å²) in [7, 11) is 0. The number of hydrogen-bond acceptors (Lipinski definition) is 2. The van der Waals surface area contributed by atoms with Crippen molar-refractivity contribution in [2.75, 3.05) is 4.90 Å². The van der Waals surface area contributed by atoms with Crippen molar-refractivity contribution in [3.8, 4) is 0 Å². The van der Waals surface area contributed by atoms with Crippen LogP contribution in [-0.4, -0.2) is 4.98 Å². The molecule has 0 N–H and O–H groups in total. The van der Waals surface area contributed by atoms with Crippen LogP contribution < -0.4 is 4.90 Å². The molecule has 2 nitrogen and oxygen atoms in total. The van der Waals surface area contributed by atoms with E-state index in [9.17, 15) is 0 Å². The first kappa shape index (κ1) is 27.3. The van der Waals surface area contributed by atoms with Crippen LogP contribution in [0.1, 0.15) is 38.3 Å². The van der Waals surface area contributed by atoms with E-state index in [4.69, 9.17) is 0 Å². The van der Waals surface area contributed by atoms with Gasteiger partial charge < -0.3 is 0 Å². The van der Waals surface area contributed by atoms with Crippen LogP contribution >= 0.6 is 0 Å². The summed E-state index contributed by atoms with van der Waals surface area (Å²) in [5, 5.41) is 0. The average Bonchev–Trinajstić information content (AvgIpc) is 3.20. The number of para-hydroxylation sites is 1. The van der Waals surface area contributed by atoms with E-state index in [0.717, 1.165) is 29.2 Å². The molecule has 1 heterocycles. The van der Waals surface area contributed by atoms with Crippen LogP contribution in [0, 0.1) is 0 Å². The van der Waals surface area contributed by atoms with Gasteiger partial charge in [0, 0.05) is 17.6 Å². The Morgan fingerprint density at radius 1 is 0.923 bits per heavy atom. The summed E-state index contributed by atoms with van der Waals surface area (Å²) in [6.07, 6.45) is 24.1. The lowest BCUT2D eigenvalue weighted by molar-refractivity contribution is 1.13. The van der Waals surface area contributed by atoms with E-state index < -0.39 is 0 Å². The molecule has 39 heavy (non-hydrogen) atoms. The number of benzene rings is 2. The third-order valence-electron chi connectivity index (χ3n) is 6.49. The molecule has 3 aromatic rings. The summed E-state index contributed by atoms with van der Waals surface area (Å²) in [5.41, 5.74) is 9.28. The van der Waals surface area contributed by atoms with E-state index in [2.05, 4.69) is 115 Å². The second kappa shape index (κ2) is 13.7. The number of aromatic nitrogens is 1. The minimum Gasteiger partial charge on any atom is -0.295 e.